The van der Waals surface area contributed by atoms with Crippen molar-refractivity contribution in [1.29, 1.82) is 0 Å². The number of hydrogen-bond acceptors (Lipinski definition) is 2. The zero-order valence-electron chi connectivity index (χ0n) is 13.1. The Kier molecular flexibility index (Phi) is 5.27. The highest BCUT2D eigenvalue weighted by molar-refractivity contribution is 9.10. The minimum atomic E-state index is 0.204. The molecule has 0 spiro atoms. The summed E-state index contributed by atoms with van der Waals surface area (Å²) in [7, 11) is 4.44. The van der Waals surface area contributed by atoms with Gasteiger partial charge < -0.3 is 5.32 Å². The number of nitrogens with zero attached hydrogens (tertiary/aromatic N) is 1. The lowest BCUT2D eigenvalue weighted by molar-refractivity contribution is 0.0841. The molecule has 0 radical (unpaired) electrons. The first-order valence-corrected chi connectivity index (χ1v) is 8.43. The van der Waals surface area contributed by atoms with Crippen LogP contribution in [0.5, 0.6) is 0 Å². The minimum absolute atomic E-state index is 0.204. The molecule has 2 rings (SSSR count). The molecule has 1 aliphatic rings. The summed E-state index contributed by atoms with van der Waals surface area (Å²) in [4.78, 5) is 2.42. The van der Waals surface area contributed by atoms with Gasteiger partial charge in [0.1, 0.15) is 0 Å². The lowest BCUT2D eigenvalue weighted by Crippen LogP contribution is -2.48. The van der Waals surface area contributed by atoms with Crippen molar-refractivity contribution in [2.24, 2.45) is 0 Å². The maximum absolute atomic E-state index is 3.69. The van der Waals surface area contributed by atoms with Crippen molar-refractivity contribution in [3.8, 4) is 0 Å². The topological polar surface area (TPSA) is 15.3 Å². The van der Waals surface area contributed by atoms with E-state index in [1.54, 1.807) is 0 Å². The summed E-state index contributed by atoms with van der Waals surface area (Å²) in [5.41, 5.74) is 1.66. The lowest BCUT2D eigenvalue weighted by Gasteiger charge is -2.46. The molecule has 0 aromatic heterocycles. The Morgan fingerprint density at radius 2 is 1.70 bits per heavy atom. The first kappa shape index (κ1) is 16.0. The van der Waals surface area contributed by atoms with Crippen LogP contribution in [0.15, 0.2) is 28.7 Å². The van der Waals surface area contributed by atoms with E-state index in [1.165, 1.54) is 31.2 Å². The van der Waals surface area contributed by atoms with E-state index in [0.29, 0.717) is 12.1 Å². The van der Waals surface area contributed by atoms with Gasteiger partial charge in [-0.15, -0.1) is 0 Å². The van der Waals surface area contributed by atoms with E-state index >= 15 is 0 Å². The molecule has 0 amide bonds. The van der Waals surface area contributed by atoms with Crippen LogP contribution in [0.4, 0.5) is 0 Å². The summed E-state index contributed by atoms with van der Waals surface area (Å²) in [6.45, 7) is 4.48. The number of halogens is 1. The molecule has 3 heteroatoms. The Morgan fingerprint density at radius 3 is 2.15 bits per heavy atom. The third-order valence-corrected chi connectivity index (χ3v) is 5.15. The summed E-state index contributed by atoms with van der Waals surface area (Å²) in [6.07, 6.45) is 4.97. The number of nitrogens with one attached hydrogen (secondary N) is 1. The standard InChI is InChI=1S/C17H27BrN2/c1-13(2)19-16-9-11-17(12-10-16,20(3)4)14-5-7-15(18)8-6-14/h5-8,13,16,19H,9-12H2,1-4H3. The summed E-state index contributed by atoms with van der Waals surface area (Å²) >= 11 is 3.54. The van der Waals surface area contributed by atoms with Crippen molar-refractivity contribution in [2.45, 2.75) is 57.2 Å². The van der Waals surface area contributed by atoms with Gasteiger partial charge in [0.25, 0.3) is 0 Å². The van der Waals surface area contributed by atoms with Crippen LogP contribution < -0.4 is 5.32 Å². The molecular formula is C17H27BrN2. The predicted molar refractivity (Wildman–Crippen MR) is 90.0 cm³/mol. The largest absolute Gasteiger partial charge is 0.312 e. The summed E-state index contributed by atoms with van der Waals surface area (Å²) < 4.78 is 1.16. The van der Waals surface area contributed by atoms with Crippen molar-refractivity contribution in [3.63, 3.8) is 0 Å². The number of benzene rings is 1. The fourth-order valence-corrected chi connectivity index (χ4v) is 3.75. The van der Waals surface area contributed by atoms with Gasteiger partial charge in [-0.05, 0) is 57.5 Å². The molecule has 1 aliphatic carbocycles. The Hall–Kier alpha value is -0.380. The molecule has 112 valence electrons. The van der Waals surface area contributed by atoms with Crippen LogP contribution in [0.25, 0.3) is 0 Å². The van der Waals surface area contributed by atoms with Crippen molar-refractivity contribution < 1.29 is 0 Å². The zero-order valence-corrected chi connectivity index (χ0v) is 14.7. The van der Waals surface area contributed by atoms with Gasteiger partial charge in [-0.25, -0.2) is 0 Å². The van der Waals surface area contributed by atoms with Crippen molar-refractivity contribution in [1.82, 2.24) is 10.2 Å². The van der Waals surface area contributed by atoms with E-state index < -0.39 is 0 Å². The third-order valence-electron chi connectivity index (χ3n) is 4.62. The maximum Gasteiger partial charge on any atom is 0.0455 e. The second kappa shape index (κ2) is 6.59. The minimum Gasteiger partial charge on any atom is -0.312 e. The molecular weight excluding hydrogens is 312 g/mol. The highest BCUT2D eigenvalue weighted by atomic mass is 79.9. The highest BCUT2D eigenvalue weighted by Gasteiger charge is 2.38. The molecule has 1 aromatic carbocycles. The predicted octanol–water partition coefficient (Wildman–Crippen LogP) is 4.15. The number of hydrogen-bond donors (Lipinski definition) is 1. The van der Waals surface area contributed by atoms with E-state index in [2.05, 4.69) is 78.4 Å². The normalized spacial score (nSPS) is 27.2. The molecule has 2 nitrogen and oxygen atoms in total. The molecule has 0 bridgehead atoms. The van der Waals surface area contributed by atoms with Gasteiger partial charge >= 0.3 is 0 Å². The quantitative estimate of drug-likeness (QED) is 0.887. The fraction of sp³-hybridized carbons (Fsp3) is 0.647. The molecule has 20 heavy (non-hydrogen) atoms. The lowest BCUT2D eigenvalue weighted by atomic mass is 9.74. The van der Waals surface area contributed by atoms with Gasteiger partial charge in [0.15, 0.2) is 0 Å². The number of rotatable bonds is 4. The Morgan fingerprint density at radius 1 is 1.15 bits per heavy atom. The third kappa shape index (κ3) is 3.44. The SMILES string of the molecule is CC(C)NC1CCC(c2ccc(Br)cc2)(N(C)C)CC1. The molecule has 0 aliphatic heterocycles. The van der Waals surface area contributed by atoms with Crippen LogP contribution in [0.2, 0.25) is 0 Å². The van der Waals surface area contributed by atoms with Crippen molar-refractivity contribution in [2.75, 3.05) is 14.1 Å². The summed E-state index contributed by atoms with van der Waals surface area (Å²) in [6, 6.07) is 10.1. The Balaban J connectivity index is 2.15. The van der Waals surface area contributed by atoms with Gasteiger partial charge in [0, 0.05) is 22.1 Å². The van der Waals surface area contributed by atoms with Gasteiger partial charge in [-0.2, -0.15) is 0 Å². The van der Waals surface area contributed by atoms with E-state index in [1.807, 2.05) is 0 Å². The molecule has 1 fully saturated rings. The van der Waals surface area contributed by atoms with E-state index in [4.69, 9.17) is 0 Å². The second-order valence-corrected chi connectivity index (χ2v) is 7.44. The van der Waals surface area contributed by atoms with Gasteiger partial charge in [0.05, 0.1) is 0 Å². The van der Waals surface area contributed by atoms with Gasteiger partial charge in [-0.3, -0.25) is 4.90 Å². The fourth-order valence-electron chi connectivity index (χ4n) is 3.49. The Labute approximate surface area is 132 Å². The van der Waals surface area contributed by atoms with Crippen LogP contribution >= 0.6 is 15.9 Å². The molecule has 0 atom stereocenters. The summed E-state index contributed by atoms with van der Waals surface area (Å²) in [5, 5.41) is 3.69. The highest BCUT2D eigenvalue weighted by Crippen LogP contribution is 2.41. The van der Waals surface area contributed by atoms with Crippen LogP contribution in [-0.2, 0) is 5.54 Å². The molecule has 1 saturated carbocycles. The van der Waals surface area contributed by atoms with Crippen LogP contribution in [0, 0.1) is 0 Å². The summed E-state index contributed by atoms with van der Waals surface area (Å²) in [5.74, 6) is 0. The second-order valence-electron chi connectivity index (χ2n) is 6.53. The molecule has 0 unspecified atom stereocenters. The zero-order chi connectivity index (χ0) is 14.8. The Bertz CT molecular complexity index is 417. The smallest absolute Gasteiger partial charge is 0.0455 e. The van der Waals surface area contributed by atoms with Gasteiger partial charge in [0.2, 0.25) is 0 Å². The monoisotopic (exact) mass is 338 g/mol. The van der Waals surface area contributed by atoms with Crippen molar-refractivity contribution >= 4 is 15.9 Å². The van der Waals surface area contributed by atoms with Crippen LogP contribution in [0.3, 0.4) is 0 Å². The molecule has 0 heterocycles. The van der Waals surface area contributed by atoms with Crippen molar-refractivity contribution in [3.05, 3.63) is 34.3 Å². The van der Waals surface area contributed by atoms with E-state index in [9.17, 15) is 0 Å². The first-order chi connectivity index (χ1) is 9.44. The molecule has 0 saturated heterocycles. The average Bonchev–Trinajstić information content (AvgIpc) is 2.40. The maximum atomic E-state index is 3.69. The molecule has 1 N–H and O–H groups in total. The first-order valence-electron chi connectivity index (χ1n) is 7.63. The van der Waals surface area contributed by atoms with Crippen LogP contribution in [0.1, 0.15) is 45.1 Å². The van der Waals surface area contributed by atoms with E-state index in [0.717, 1.165) is 4.47 Å². The molecule has 1 aromatic rings. The van der Waals surface area contributed by atoms with Gasteiger partial charge in [-0.1, -0.05) is 41.9 Å². The van der Waals surface area contributed by atoms with Crippen LogP contribution in [-0.4, -0.2) is 31.1 Å². The average molecular weight is 339 g/mol. The van der Waals surface area contributed by atoms with E-state index in [-0.39, 0.29) is 5.54 Å².